The summed E-state index contributed by atoms with van der Waals surface area (Å²) in [6.07, 6.45) is 0.281. The van der Waals surface area contributed by atoms with E-state index in [2.05, 4.69) is 0 Å². The van der Waals surface area contributed by atoms with Crippen molar-refractivity contribution in [3.63, 3.8) is 0 Å². The molecule has 0 bridgehead atoms. The van der Waals surface area contributed by atoms with Gasteiger partial charge >= 0.3 is 5.97 Å². The summed E-state index contributed by atoms with van der Waals surface area (Å²) in [7, 11) is 0. The maximum absolute atomic E-state index is 12.0. The van der Waals surface area contributed by atoms with Gasteiger partial charge in [0.05, 0.1) is 25.0 Å². The summed E-state index contributed by atoms with van der Waals surface area (Å²) < 4.78 is 10.7. The second-order valence-corrected chi connectivity index (χ2v) is 4.63. The van der Waals surface area contributed by atoms with E-state index < -0.39 is 5.60 Å². The van der Waals surface area contributed by atoms with Crippen molar-refractivity contribution in [1.82, 2.24) is 0 Å². The maximum Gasteiger partial charge on any atom is 0.309 e. The van der Waals surface area contributed by atoms with Crippen LogP contribution >= 0.6 is 0 Å². The van der Waals surface area contributed by atoms with Crippen LogP contribution in [0, 0.1) is 0 Å². The standard InChI is InChI=1S/C14H16O4/c1-3-17-13(16)9-14(2)8-11(15)10-6-4-5-7-12(10)18-14/h4-7H,3,8-9H2,1-2H3. The van der Waals surface area contributed by atoms with Crippen LogP contribution in [0.4, 0.5) is 0 Å². The number of rotatable bonds is 3. The molecule has 0 radical (unpaired) electrons. The quantitative estimate of drug-likeness (QED) is 0.770. The lowest BCUT2D eigenvalue weighted by Crippen LogP contribution is -2.41. The molecule has 0 spiro atoms. The van der Waals surface area contributed by atoms with Crippen LogP contribution in [0.15, 0.2) is 24.3 Å². The summed E-state index contributed by atoms with van der Waals surface area (Å²) in [5.74, 6) is 0.205. The number of ether oxygens (including phenoxy) is 2. The van der Waals surface area contributed by atoms with Gasteiger partial charge in [-0.2, -0.15) is 0 Å². The van der Waals surface area contributed by atoms with Gasteiger partial charge in [-0.25, -0.2) is 0 Å². The van der Waals surface area contributed by atoms with Crippen LogP contribution in [-0.4, -0.2) is 24.0 Å². The highest BCUT2D eigenvalue weighted by Gasteiger charge is 2.38. The molecule has 1 unspecified atom stereocenters. The SMILES string of the molecule is CCOC(=O)CC1(C)CC(=O)c2ccccc2O1. The average Bonchev–Trinajstić information content (AvgIpc) is 2.28. The first-order valence-electron chi connectivity index (χ1n) is 6.01. The number of ketones is 1. The first-order chi connectivity index (χ1) is 8.54. The Kier molecular flexibility index (Phi) is 3.36. The van der Waals surface area contributed by atoms with E-state index in [0.717, 1.165) is 0 Å². The Morgan fingerprint density at radius 2 is 2.17 bits per heavy atom. The molecule has 0 N–H and O–H groups in total. The molecule has 0 aliphatic carbocycles. The Morgan fingerprint density at radius 3 is 2.89 bits per heavy atom. The number of esters is 1. The highest BCUT2D eigenvalue weighted by molar-refractivity contribution is 6.00. The zero-order chi connectivity index (χ0) is 13.2. The van der Waals surface area contributed by atoms with E-state index in [1.807, 2.05) is 6.07 Å². The molecule has 0 aromatic heterocycles. The van der Waals surface area contributed by atoms with Crippen molar-refractivity contribution in [1.29, 1.82) is 0 Å². The molecule has 1 aliphatic heterocycles. The number of carbonyl (C=O) groups excluding carboxylic acids is 2. The summed E-state index contributed by atoms with van der Waals surface area (Å²) in [6.45, 7) is 3.85. The predicted molar refractivity (Wildman–Crippen MR) is 65.7 cm³/mol. The lowest BCUT2D eigenvalue weighted by molar-refractivity contribution is -0.147. The lowest BCUT2D eigenvalue weighted by atomic mass is 9.89. The average molecular weight is 248 g/mol. The van der Waals surface area contributed by atoms with Crippen molar-refractivity contribution in [2.45, 2.75) is 32.3 Å². The van der Waals surface area contributed by atoms with Crippen molar-refractivity contribution < 1.29 is 19.1 Å². The minimum absolute atomic E-state index is 0.00338. The van der Waals surface area contributed by atoms with Gasteiger partial charge in [0.15, 0.2) is 5.78 Å². The monoisotopic (exact) mass is 248 g/mol. The number of carbonyl (C=O) groups is 2. The van der Waals surface area contributed by atoms with E-state index in [4.69, 9.17) is 9.47 Å². The molecule has 4 nitrogen and oxygen atoms in total. The van der Waals surface area contributed by atoms with Crippen LogP contribution in [0.1, 0.15) is 37.0 Å². The smallest absolute Gasteiger partial charge is 0.309 e. The molecular weight excluding hydrogens is 232 g/mol. The summed E-state index contributed by atoms with van der Waals surface area (Å²) in [6, 6.07) is 7.09. The van der Waals surface area contributed by atoms with Crippen LogP contribution < -0.4 is 4.74 Å². The van der Waals surface area contributed by atoms with Gasteiger partial charge in [-0.1, -0.05) is 12.1 Å². The van der Waals surface area contributed by atoms with Crippen LogP contribution in [0.5, 0.6) is 5.75 Å². The fraction of sp³-hybridized carbons (Fsp3) is 0.429. The number of fused-ring (bicyclic) bond motifs is 1. The summed E-state index contributed by atoms with van der Waals surface area (Å²) in [5.41, 5.74) is -0.226. The molecule has 1 atom stereocenters. The zero-order valence-electron chi connectivity index (χ0n) is 10.6. The van der Waals surface area contributed by atoms with Crippen LogP contribution in [0.25, 0.3) is 0 Å². The Balaban J connectivity index is 2.19. The van der Waals surface area contributed by atoms with E-state index in [9.17, 15) is 9.59 Å². The molecule has 96 valence electrons. The van der Waals surface area contributed by atoms with Crippen molar-refractivity contribution in [3.8, 4) is 5.75 Å². The topological polar surface area (TPSA) is 52.6 Å². The molecule has 0 saturated carbocycles. The third-order valence-electron chi connectivity index (χ3n) is 2.90. The molecule has 0 fully saturated rings. The fourth-order valence-electron chi connectivity index (χ4n) is 2.14. The van der Waals surface area contributed by atoms with E-state index in [1.165, 1.54) is 0 Å². The largest absolute Gasteiger partial charge is 0.486 e. The highest BCUT2D eigenvalue weighted by atomic mass is 16.5. The molecule has 18 heavy (non-hydrogen) atoms. The second-order valence-electron chi connectivity index (χ2n) is 4.63. The number of benzene rings is 1. The van der Waals surface area contributed by atoms with Crippen LogP contribution in [0.2, 0.25) is 0 Å². The maximum atomic E-state index is 12.0. The van der Waals surface area contributed by atoms with Gasteiger partial charge in [0.25, 0.3) is 0 Å². The van der Waals surface area contributed by atoms with Crippen molar-refractivity contribution in [3.05, 3.63) is 29.8 Å². The van der Waals surface area contributed by atoms with Gasteiger partial charge in [-0.05, 0) is 26.0 Å². The zero-order valence-corrected chi connectivity index (χ0v) is 10.6. The fourth-order valence-corrected chi connectivity index (χ4v) is 2.14. The minimum atomic E-state index is -0.808. The first-order valence-corrected chi connectivity index (χ1v) is 6.01. The molecular formula is C14H16O4. The normalized spacial score (nSPS) is 22.0. The number of Topliss-reactive ketones (excluding diaryl/α,β-unsaturated/α-hetero) is 1. The predicted octanol–water partition coefficient (Wildman–Crippen LogP) is 2.36. The number of para-hydroxylation sites is 1. The third-order valence-corrected chi connectivity index (χ3v) is 2.90. The number of hydrogen-bond donors (Lipinski definition) is 0. The molecule has 0 amide bonds. The first kappa shape index (κ1) is 12.6. The van der Waals surface area contributed by atoms with E-state index in [-0.39, 0.29) is 24.6 Å². The molecule has 1 aromatic rings. The molecule has 2 rings (SSSR count). The Hall–Kier alpha value is -1.84. The second kappa shape index (κ2) is 4.80. The highest BCUT2D eigenvalue weighted by Crippen LogP contribution is 2.34. The van der Waals surface area contributed by atoms with Crippen molar-refractivity contribution in [2.24, 2.45) is 0 Å². The molecule has 1 heterocycles. The molecule has 0 saturated heterocycles. The Bertz CT molecular complexity index is 480. The Labute approximate surface area is 106 Å². The summed E-state index contributed by atoms with van der Waals surface area (Å²) in [5, 5.41) is 0. The van der Waals surface area contributed by atoms with Gasteiger partial charge in [-0.15, -0.1) is 0 Å². The van der Waals surface area contributed by atoms with E-state index >= 15 is 0 Å². The third kappa shape index (κ3) is 2.53. The summed E-state index contributed by atoms with van der Waals surface area (Å²) >= 11 is 0. The van der Waals surface area contributed by atoms with Crippen LogP contribution in [-0.2, 0) is 9.53 Å². The van der Waals surface area contributed by atoms with E-state index in [0.29, 0.717) is 17.9 Å². The Morgan fingerprint density at radius 1 is 1.44 bits per heavy atom. The lowest BCUT2D eigenvalue weighted by Gasteiger charge is -2.34. The van der Waals surface area contributed by atoms with Crippen molar-refractivity contribution >= 4 is 11.8 Å². The van der Waals surface area contributed by atoms with Gasteiger partial charge in [-0.3, -0.25) is 9.59 Å². The van der Waals surface area contributed by atoms with Crippen molar-refractivity contribution in [2.75, 3.05) is 6.61 Å². The minimum Gasteiger partial charge on any atom is -0.486 e. The van der Waals surface area contributed by atoms with Gasteiger partial charge in [0.1, 0.15) is 11.4 Å². The summed E-state index contributed by atoms with van der Waals surface area (Å²) in [4.78, 5) is 23.5. The number of hydrogen-bond acceptors (Lipinski definition) is 4. The van der Waals surface area contributed by atoms with E-state index in [1.54, 1.807) is 32.0 Å². The molecule has 1 aliphatic rings. The van der Waals surface area contributed by atoms with Gasteiger partial charge in [0, 0.05) is 0 Å². The van der Waals surface area contributed by atoms with Gasteiger partial charge in [0.2, 0.25) is 0 Å². The molecule has 1 aromatic carbocycles. The van der Waals surface area contributed by atoms with Crippen LogP contribution in [0.3, 0.4) is 0 Å². The molecule has 4 heteroatoms. The van der Waals surface area contributed by atoms with Gasteiger partial charge < -0.3 is 9.47 Å².